The third-order valence-electron chi connectivity index (χ3n) is 8.29. The molecule has 3 N–H and O–H groups in total. The van der Waals surface area contributed by atoms with E-state index >= 15 is 0 Å². The first-order valence-corrected chi connectivity index (χ1v) is 14.0. The standard InChI is InChI=1S/C31H37F3N4O5/c1-20(36-27(39)23-10-12-38(42)26(17-23)37-13-15-43-16-14-37)21-5-7-22(8-6-21)25-18-30(29(2,3)4,31(32,33)34)11-9-24(25)19-35-28(40)41/h5-12,17,20,35H,13-16,18-19H2,1-4H3,(H,36,39)(H,40,41)/t20-,30?/m1/s1. The van der Waals surface area contributed by atoms with Crippen molar-refractivity contribution in [3.05, 3.63) is 82.2 Å². The van der Waals surface area contributed by atoms with Gasteiger partial charge in [-0.3, -0.25) is 9.69 Å². The lowest BCUT2D eigenvalue weighted by Gasteiger charge is -2.46. The van der Waals surface area contributed by atoms with Crippen LogP contribution >= 0.6 is 0 Å². The molecule has 2 atom stereocenters. The van der Waals surface area contributed by atoms with Crippen LogP contribution in [0.2, 0.25) is 0 Å². The van der Waals surface area contributed by atoms with Crippen molar-refractivity contribution in [2.45, 2.75) is 46.3 Å². The molecule has 232 valence electrons. The SMILES string of the molecule is C[C@@H](NC(=O)c1cc[n+]([O-])c(N2CCOCC2)c1)c1ccc(C2=C(CNC(=O)O)C=CC(C(C)(C)C)(C(F)(F)F)C2)cc1. The number of carboxylic acid groups (broad SMARTS) is 1. The minimum atomic E-state index is -4.54. The Kier molecular flexibility index (Phi) is 9.10. The normalized spacial score (nSPS) is 20.1. The number of benzene rings is 1. The minimum Gasteiger partial charge on any atom is -0.711 e. The van der Waals surface area contributed by atoms with Crippen molar-refractivity contribution >= 4 is 23.4 Å². The number of morpholine rings is 1. The number of amides is 2. The molecule has 1 aromatic carbocycles. The molecule has 12 heteroatoms. The summed E-state index contributed by atoms with van der Waals surface area (Å²) < 4.78 is 49.7. The molecule has 2 aromatic rings. The molecule has 1 saturated heterocycles. The Morgan fingerprint density at radius 3 is 2.37 bits per heavy atom. The minimum absolute atomic E-state index is 0.139. The number of halogens is 3. The first-order chi connectivity index (χ1) is 20.1. The highest BCUT2D eigenvalue weighted by Crippen LogP contribution is 2.58. The van der Waals surface area contributed by atoms with Crippen LogP contribution in [0.25, 0.3) is 5.57 Å². The molecule has 1 aromatic heterocycles. The van der Waals surface area contributed by atoms with Crippen LogP contribution in [0.3, 0.4) is 0 Å². The predicted octanol–water partition coefficient (Wildman–Crippen LogP) is 5.22. The molecule has 1 fully saturated rings. The first kappa shape index (κ1) is 31.9. The number of alkyl halides is 3. The third-order valence-corrected chi connectivity index (χ3v) is 8.29. The Bertz CT molecular complexity index is 1390. The Hall–Kier alpha value is -4.06. The third kappa shape index (κ3) is 6.79. The lowest BCUT2D eigenvalue weighted by atomic mass is 9.60. The van der Waals surface area contributed by atoms with Crippen LogP contribution in [-0.2, 0) is 4.74 Å². The average molecular weight is 603 g/mol. The number of anilines is 1. The highest BCUT2D eigenvalue weighted by Gasteiger charge is 2.60. The van der Waals surface area contributed by atoms with Crippen molar-refractivity contribution in [1.29, 1.82) is 0 Å². The zero-order chi connectivity index (χ0) is 31.6. The van der Waals surface area contributed by atoms with E-state index in [4.69, 9.17) is 9.84 Å². The maximum atomic E-state index is 14.6. The van der Waals surface area contributed by atoms with E-state index in [1.54, 1.807) is 58.0 Å². The summed E-state index contributed by atoms with van der Waals surface area (Å²) in [5, 5.41) is 26.6. The Balaban J connectivity index is 1.57. The number of nitrogens with zero attached hydrogens (tertiary/aromatic N) is 2. The molecule has 1 aliphatic heterocycles. The molecule has 1 unspecified atom stereocenters. The van der Waals surface area contributed by atoms with E-state index in [0.717, 1.165) is 11.6 Å². The fraction of sp³-hybridized carbons (Fsp3) is 0.452. The van der Waals surface area contributed by atoms with Gasteiger partial charge in [0.25, 0.3) is 11.7 Å². The van der Waals surface area contributed by atoms with Crippen LogP contribution < -0.4 is 20.3 Å². The molecule has 2 amide bonds. The van der Waals surface area contributed by atoms with E-state index in [1.807, 2.05) is 4.90 Å². The van der Waals surface area contributed by atoms with Crippen LogP contribution in [0.1, 0.15) is 61.6 Å². The lowest BCUT2D eigenvalue weighted by Crippen LogP contribution is -2.48. The molecular formula is C31H37F3N4O5. The Labute approximate surface area is 248 Å². The number of carbonyl (C=O) groups excluding carboxylic acids is 1. The molecule has 0 spiro atoms. The number of allylic oxidation sites excluding steroid dienone is 2. The summed E-state index contributed by atoms with van der Waals surface area (Å²) in [6.07, 6.45) is -2.34. The van der Waals surface area contributed by atoms with E-state index < -0.39 is 29.1 Å². The maximum absolute atomic E-state index is 14.6. The van der Waals surface area contributed by atoms with Crippen LogP contribution in [-0.4, -0.2) is 56.1 Å². The zero-order valence-corrected chi connectivity index (χ0v) is 24.6. The van der Waals surface area contributed by atoms with Gasteiger partial charge >= 0.3 is 12.3 Å². The summed E-state index contributed by atoms with van der Waals surface area (Å²) in [6.45, 7) is 8.33. The smallest absolute Gasteiger partial charge is 0.404 e. The van der Waals surface area contributed by atoms with Crippen molar-refractivity contribution in [3.63, 3.8) is 0 Å². The number of hydrogen-bond acceptors (Lipinski definition) is 5. The molecule has 1 aliphatic carbocycles. The van der Waals surface area contributed by atoms with Crippen LogP contribution in [0, 0.1) is 16.0 Å². The predicted molar refractivity (Wildman–Crippen MR) is 155 cm³/mol. The second-order valence-electron chi connectivity index (χ2n) is 11.9. The van der Waals surface area contributed by atoms with Crippen LogP contribution in [0.15, 0.2) is 60.3 Å². The number of nitrogens with one attached hydrogen (secondary N) is 2. The largest absolute Gasteiger partial charge is 0.711 e. The van der Waals surface area contributed by atoms with Gasteiger partial charge in [-0.05, 0) is 47.1 Å². The zero-order valence-electron chi connectivity index (χ0n) is 24.6. The van der Waals surface area contributed by atoms with Crippen molar-refractivity contribution in [2.24, 2.45) is 10.8 Å². The number of hydrogen-bond donors (Lipinski definition) is 3. The van der Waals surface area contributed by atoms with E-state index in [1.165, 1.54) is 18.3 Å². The average Bonchev–Trinajstić information content (AvgIpc) is 2.95. The van der Waals surface area contributed by atoms with E-state index in [9.17, 15) is 28.0 Å². The van der Waals surface area contributed by atoms with Gasteiger partial charge < -0.3 is 25.7 Å². The summed E-state index contributed by atoms with van der Waals surface area (Å²) in [4.78, 5) is 26.1. The van der Waals surface area contributed by atoms with Gasteiger partial charge in [0.05, 0.1) is 36.4 Å². The van der Waals surface area contributed by atoms with Gasteiger partial charge in [-0.1, -0.05) is 57.2 Å². The highest BCUT2D eigenvalue weighted by molar-refractivity contribution is 5.94. The number of aromatic nitrogens is 1. The Morgan fingerprint density at radius 1 is 1.14 bits per heavy atom. The summed E-state index contributed by atoms with van der Waals surface area (Å²) in [7, 11) is 0. The van der Waals surface area contributed by atoms with Gasteiger partial charge in [-0.15, -0.1) is 0 Å². The van der Waals surface area contributed by atoms with Gasteiger partial charge in [0.1, 0.15) is 13.1 Å². The molecule has 2 aliphatic rings. The number of pyridine rings is 1. The monoisotopic (exact) mass is 602 g/mol. The van der Waals surface area contributed by atoms with Crippen molar-refractivity contribution in [2.75, 3.05) is 37.7 Å². The number of carbonyl (C=O) groups is 2. The molecule has 43 heavy (non-hydrogen) atoms. The molecule has 0 bridgehead atoms. The van der Waals surface area contributed by atoms with E-state index in [0.29, 0.717) is 59.1 Å². The molecule has 9 nitrogen and oxygen atoms in total. The van der Waals surface area contributed by atoms with Gasteiger partial charge in [0.2, 0.25) is 0 Å². The second kappa shape index (κ2) is 12.3. The second-order valence-corrected chi connectivity index (χ2v) is 11.9. The maximum Gasteiger partial charge on any atom is 0.404 e. The lowest BCUT2D eigenvalue weighted by molar-refractivity contribution is -0.592. The topological polar surface area (TPSA) is 118 Å². The molecule has 4 rings (SSSR count). The number of rotatable bonds is 7. The number of ether oxygens (including phenoxy) is 1. The highest BCUT2D eigenvalue weighted by atomic mass is 19.4. The summed E-state index contributed by atoms with van der Waals surface area (Å²) in [5.41, 5.74) is -0.895. The van der Waals surface area contributed by atoms with Gasteiger partial charge in [0, 0.05) is 12.6 Å². The fourth-order valence-electron chi connectivity index (χ4n) is 5.53. The fourth-order valence-corrected chi connectivity index (χ4v) is 5.53. The van der Waals surface area contributed by atoms with Crippen molar-refractivity contribution in [3.8, 4) is 0 Å². The van der Waals surface area contributed by atoms with Crippen molar-refractivity contribution < 1.29 is 37.3 Å². The molecule has 0 saturated carbocycles. The van der Waals surface area contributed by atoms with Crippen LogP contribution in [0.5, 0.6) is 0 Å². The summed E-state index contributed by atoms with van der Waals surface area (Å²) in [5.74, 6) is -0.0184. The molecule has 2 heterocycles. The summed E-state index contributed by atoms with van der Waals surface area (Å²) in [6, 6.07) is 9.38. The Morgan fingerprint density at radius 2 is 1.79 bits per heavy atom. The van der Waals surface area contributed by atoms with Crippen molar-refractivity contribution in [1.82, 2.24) is 10.6 Å². The van der Waals surface area contributed by atoms with Crippen LogP contribution in [0.4, 0.5) is 23.8 Å². The molecular weight excluding hydrogens is 565 g/mol. The summed E-state index contributed by atoms with van der Waals surface area (Å²) >= 11 is 0. The molecule has 0 radical (unpaired) electrons. The quantitative estimate of drug-likeness (QED) is 0.295. The van der Waals surface area contributed by atoms with Gasteiger partial charge in [0.15, 0.2) is 0 Å². The van der Waals surface area contributed by atoms with E-state index in [2.05, 4.69) is 10.6 Å². The van der Waals surface area contributed by atoms with Gasteiger partial charge in [-0.25, -0.2) is 9.52 Å². The first-order valence-electron chi connectivity index (χ1n) is 14.0. The van der Waals surface area contributed by atoms with E-state index in [-0.39, 0.29) is 18.9 Å². The van der Waals surface area contributed by atoms with Gasteiger partial charge in [-0.2, -0.15) is 13.2 Å².